The van der Waals surface area contributed by atoms with Crippen molar-refractivity contribution < 1.29 is 4.52 Å². The predicted octanol–water partition coefficient (Wildman–Crippen LogP) is 3.47. The molecule has 1 atom stereocenters. The van der Waals surface area contributed by atoms with Gasteiger partial charge in [0.05, 0.1) is 5.25 Å². The second kappa shape index (κ2) is 5.69. The van der Waals surface area contributed by atoms with Gasteiger partial charge in [0.25, 0.3) is 0 Å². The van der Waals surface area contributed by atoms with Gasteiger partial charge >= 0.3 is 0 Å². The van der Waals surface area contributed by atoms with E-state index in [1.807, 2.05) is 20.8 Å². The van der Waals surface area contributed by atoms with E-state index in [0.717, 1.165) is 15.3 Å². The van der Waals surface area contributed by atoms with E-state index in [1.165, 1.54) is 12.8 Å². The molecule has 8 heteroatoms. The maximum Gasteiger partial charge on any atom is 0.239 e. The zero-order valence-electron chi connectivity index (χ0n) is 11.7. The summed E-state index contributed by atoms with van der Waals surface area (Å²) in [5, 5.41) is 16.6. The molecule has 0 aromatic carbocycles. The van der Waals surface area contributed by atoms with Gasteiger partial charge in [0.15, 0.2) is 10.2 Å². The SMILES string of the molecule is CC(C)c1noc([C@H](C)Sc2nnc(NC3CC3)s2)n1. The summed E-state index contributed by atoms with van der Waals surface area (Å²) in [6.07, 6.45) is 2.47. The summed E-state index contributed by atoms with van der Waals surface area (Å²) < 4.78 is 6.22. The molecule has 2 aromatic heterocycles. The molecule has 0 spiro atoms. The molecule has 2 aromatic rings. The fourth-order valence-corrected chi connectivity index (χ4v) is 3.57. The van der Waals surface area contributed by atoms with E-state index in [9.17, 15) is 0 Å². The van der Waals surface area contributed by atoms with E-state index in [0.29, 0.717) is 11.9 Å². The molecule has 0 unspecified atom stereocenters. The highest BCUT2D eigenvalue weighted by molar-refractivity contribution is 8.01. The highest BCUT2D eigenvalue weighted by Gasteiger charge is 2.23. The van der Waals surface area contributed by atoms with Crippen molar-refractivity contribution in [2.24, 2.45) is 0 Å². The van der Waals surface area contributed by atoms with Crippen molar-refractivity contribution in [1.29, 1.82) is 0 Å². The first-order chi connectivity index (χ1) is 9.61. The molecule has 0 aliphatic heterocycles. The number of aromatic nitrogens is 4. The van der Waals surface area contributed by atoms with Crippen molar-refractivity contribution >= 4 is 28.2 Å². The number of anilines is 1. The molecule has 0 bridgehead atoms. The molecular weight excluding hydrogens is 294 g/mol. The summed E-state index contributed by atoms with van der Waals surface area (Å²) in [5.41, 5.74) is 0. The Kier molecular flexibility index (Phi) is 3.93. The Hall–Kier alpha value is -1.15. The molecule has 0 saturated heterocycles. The lowest BCUT2D eigenvalue weighted by molar-refractivity contribution is 0.373. The summed E-state index contributed by atoms with van der Waals surface area (Å²) in [6.45, 7) is 6.14. The summed E-state index contributed by atoms with van der Waals surface area (Å²) in [5.74, 6) is 1.67. The Morgan fingerprint density at radius 3 is 2.75 bits per heavy atom. The molecule has 3 rings (SSSR count). The fraction of sp³-hybridized carbons (Fsp3) is 0.667. The average Bonchev–Trinajstić information content (AvgIpc) is 2.92. The maximum atomic E-state index is 5.30. The molecule has 1 aliphatic rings. The standard InChI is InChI=1S/C12H17N5OS2/c1-6(2)9-14-10(18-17-9)7(3)19-12-16-15-11(20-12)13-8-4-5-8/h6-8H,4-5H2,1-3H3,(H,13,15)/t7-/m0/s1. The monoisotopic (exact) mass is 311 g/mol. The van der Waals surface area contributed by atoms with Crippen LogP contribution in [0.25, 0.3) is 0 Å². The summed E-state index contributed by atoms with van der Waals surface area (Å²) >= 11 is 3.18. The Balaban J connectivity index is 1.61. The molecule has 0 amide bonds. The first kappa shape index (κ1) is 13.8. The van der Waals surface area contributed by atoms with Gasteiger partial charge in [0.1, 0.15) is 0 Å². The number of rotatable bonds is 6. The molecule has 20 heavy (non-hydrogen) atoms. The zero-order chi connectivity index (χ0) is 14.1. The lowest BCUT2D eigenvalue weighted by Gasteiger charge is -2.01. The molecule has 0 radical (unpaired) electrons. The summed E-state index contributed by atoms with van der Waals surface area (Å²) in [6, 6.07) is 0.600. The number of nitrogens with zero attached hydrogens (tertiary/aromatic N) is 4. The van der Waals surface area contributed by atoms with Gasteiger partial charge < -0.3 is 9.84 Å². The quantitative estimate of drug-likeness (QED) is 0.818. The largest absolute Gasteiger partial charge is 0.357 e. The van der Waals surface area contributed by atoms with Gasteiger partial charge in [-0.3, -0.25) is 0 Å². The van der Waals surface area contributed by atoms with E-state index < -0.39 is 0 Å². The zero-order valence-corrected chi connectivity index (χ0v) is 13.3. The Morgan fingerprint density at radius 2 is 2.10 bits per heavy atom. The van der Waals surface area contributed by atoms with E-state index in [-0.39, 0.29) is 11.2 Å². The van der Waals surface area contributed by atoms with Gasteiger partial charge in [-0.15, -0.1) is 10.2 Å². The first-order valence-corrected chi connectivity index (χ1v) is 8.41. The first-order valence-electron chi connectivity index (χ1n) is 6.72. The van der Waals surface area contributed by atoms with Gasteiger partial charge in [0.2, 0.25) is 11.0 Å². The van der Waals surface area contributed by atoms with Crippen LogP contribution in [0.3, 0.4) is 0 Å². The van der Waals surface area contributed by atoms with Crippen molar-refractivity contribution in [2.45, 2.75) is 55.2 Å². The van der Waals surface area contributed by atoms with Crippen molar-refractivity contribution in [3.05, 3.63) is 11.7 Å². The smallest absolute Gasteiger partial charge is 0.239 e. The normalized spacial score (nSPS) is 16.6. The maximum absolute atomic E-state index is 5.30. The number of hydrogen-bond donors (Lipinski definition) is 1. The van der Waals surface area contributed by atoms with Crippen LogP contribution in [0.2, 0.25) is 0 Å². The van der Waals surface area contributed by atoms with Crippen LogP contribution in [-0.4, -0.2) is 26.4 Å². The van der Waals surface area contributed by atoms with Gasteiger partial charge in [0, 0.05) is 12.0 Å². The minimum atomic E-state index is 0.0803. The molecule has 1 fully saturated rings. The second-order valence-electron chi connectivity index (χ2n) is 5.20. The Labute approximate surface area is 125 Å². The minimum absolute atomic E-state index is 0.0803. The second-order valence-corrected chi connectivity index (χ2v) is 7.76. The van der Waals surface area contributed by atoms with Crippen LogP contribution in [0.15, 0.2) is 8.86 Å². The number of nitrogens with one attached hydrogen (secondary N) is 1. The van der Waals surface area contributed by atoms with Crippen molar-refractivity contribution in [3.8, 4) is 0 Å². The van der Waals surface area contributed by atoms with Gasteiger partial charge in [-0.05, 0) is 19.8 Å². The van der Waals surface area contributed by atoms with Crippen LogP contribution in [0.4, 0.5) is 5.13 Å². The number of thioether (sulfide) groups is 1. The predicted molar refractivity (Wildman–Crippen MR) is 79.2 cm³/mol. The topological polar surface area (TPSA) is 76.7 Å². The third-order valence-electron chi connectivity index (χ3n) is 2.91. The Morgan fingerprint density at radius 1 is 1.30 bits per heavy atom. The van der Waals surface area contributed by atoms with Crippen LogP contribution >= 0.6 is 23.1 Å². The molecule has 6 nitrogen and oxygen atoms in total. The minimum Gasteiger partial charge on any atom is -0.357 e. The van der Waals surface area contributed by atoms with E-state index in [2.05, 4.69) is 25.7 Å². The summed E-state index contributed by atoms with van der Waals surface area (Å²) in [4.78, 5) is 4.41. The van der Waals surface area contributed by atoms with Crippen molar-refractivity contribution in [1.82, 2.24) is 20.3 Å². The Bertz CT molecular complexity index is 578. The third-order valence-corrected chi connectivity index (χ3v) is 4.94. The molecule has 108 valence electrons. The lowest BCUT2D eigenvalue weighted by Crippen LogP contribution is -1.99. The van der Waals surface area contributed by atoms with Gasteiger partial charge in [-0.25, -0.2) is 0 Å². The highest BCUT2D eigenvalue weighted by atomic mass is 32.2. The van der Waals surface area contributed by atoms with E-state index >= 15 is 0 Å². The third kappa shape index (κ3) is 3.29. The van der Waals surface area contributed by atoms with Crippen molar-refractivity contribution in [3.63, 3.8) is 0 Å². The fourth-order valence-electron chi connectivity index (χ4n) is 1.57. The molecule has 1 aliphatic carbocycles. The lowest BCUT2D eigenvalue weighted by atomic mass is 10.2. The molecule has 1 N–H and O–H groups in total. The average molecular weight is 311 g/mol. The van der Waals surface area contributed by atoms with Crippen LogP contribution in [0.5, 0.6) is 0 Å². The molecular formula is C12H17N5OS2. The van der Waals surface area contributed by atoms with Crippen LogP contribution in [0, 0.1) is 0 Å². The van der Waals surface area contributed by atoms with Crippen LogP contribution in [0.1, 0.15) is 56.5 Å². The van der Waals surface area contributed by atoms with E-state index in [1.54, 1.807) is 23.1 Å². The van der Waals surface area contributed by atoms with E-state index in [4.69, 9.17) is 4.52 Å². The van der Waals surface area contributed by atoms with Crippen LogP contribution in [-0.2, 0) is 0 Å². The molecule has 2 heterocycles. The number of hydrogen-bond acceptors (Lipinski definition) is 8. The van der Waals surface area contributed by atoms with Crippen molar-refractivity contribution in [2.75, 3.05) is 5.32 Å². The highest BCUT2D eigenvalue weighted by Crippen LogP contribution is 2.37. The summed E-state index contributed by atoms with van der Waals surface area (Å²) in [7, 11) is 0. The van der Waals surface area contributed by atoms with Crippen LogP contribution < -0.4 is 5.32 Å². The van der Waals surface area contributed by atoms with Gasteiger partial charge in [-0.1, -0.05) is 42.1 Å². The van der Waals surface area contributed by atoms with Gasteiger partial charge in [-0.2, -0.15) is 4.98 Å². The molecule has 1 saturated carbocycles.